The molecule has 2 rings (SSSR count). The van der Waals surface area contributed by atoms with Crippen LogP contribution in [0.5, 0.6) is 0 Å². The van der Waals surface area contributed by atoms with Crippen LogP contribution in [0, 0.1) is 11.7 Å². The van der Waals surface area contributed by atoms with Crippen molar-refractivity contribution in [2.75, 3.05) is 19.6 Å². The highest BCUT2D eigenvalue weighted by atomic mass is 19.1. The number of halogens is 1. The van der Waals surface area contributed by atoms with Crippen molar-refractivity contribution in [2.45, 2.75) is 19.9 Å². The van der Waals surface area contributed by atoms with Gasteiger partial charge in [-0.15, -0.1) is 0 Å². The molecule has 1 aliphatic rings. The second kappa shape index (κ2) is 7.21. The Balaban J connectivity index is 2.11. The number of hydrogen-bond acceptors (Lipinski definition) is 3. The zero-order valence-corrected chi connectivity index (χ0v) is 12.9. The van der Waals surface area contributed by atoms with Gasteiger partial charge in [-0.25, -0.2) is 4.39 Å². The lowest BCUT2D eigenvalue weighted by Crippen LogP contribution is -2.40. The van der Waals surface area contributed by atoms with E-state index in [1.807, 2.05) is 6.92 Å². The zero-order valence-electron chi connectivity index (χ0n) is 12.9. The molecule has 1 fully saturated rings. The van der Waals surface area contributed by atoms with E-state index in [4.69, 9.17) is 5.11 Å². The molecule has 7 heteroatoms. The maximum Gasteiger partial charge on any atom is 0.323 e. The van der Waals surface area contributed by atoms with Gasteiger partial charge in [-0.1, -0.05) is 12.1 Å². The SMILES string of the molecule is CCN1CC(C(=O)N(CC(=O)O)Cc2ccc(F)cc2)CC1=O. The highest BCUT2D eigenvalue weighted by Gasteiger charge is 2.36. The Hall–Kier alpha value is -2.44. The number of benzene rings is 1. The van der Waals surface area contributed by atoms with Gasteiger partial charge in [-0.05, 0) is 24.6 Å². The van der Waals surface area contributed by atoms with Crippen LogP contribution < -0.4 is 0 Å². The monoisotopic (exact) mass is 322 g/mol. The van der Waals surface area contributed by atoms with Crippen LogP contribution in [-0.4, -0.2) is 52.3 Å². The lowest BCUT2D eigenvalue weighted by molar-refractivity contribution is -0.146. The number of hydrogen-bond donors (Lipinski definition) is 1. The Bertz CT molecular complexity index is 603. The molecule has 6 nitrogen and oxygen atoms in total. The van der Waals surface area contributed by atoms with Gasteiger partial charge in [0.2, 0.25) is 11.8 Å². The van der Waals surface area contributed by atoms with Crippen molar-refractivity contribution in [3.8, 4) is 0 Å². The van der Waals surface area contributed by atoms with Gasteiger partial charge < -0.3 is 14.9 Å². The highest BCUT2D eigenvalue weighted by molar-refractivity contribution is 5.90. The summed E-state index contributed by atoms with van der Waals surface area (Å²) in [7, 11) is 0. The molecule has 2 amide bonds. The van der Waals surface area contributed by atoms with Gasteiger partial charge in [0.15, 0.2) is 0 Å². The number of aliphatic carboxylic acids is 1. The molecular formula is C16H19FN2O4. The summed E-state index contributed by atoms with van der Waals surface area (Å²) in [6.07, 6.45) is 0.103. The van der Waals surface area contributed by atoms with Gasteiger partial charge in [0.25, 0.3) is 0 Å². The first-order valence-corrected chi connectivity index (χ1v) is 7.43. The topological polar surface area (TPSA) is 77.9 Å². The van der Waals surface area contributed by atoms with Crippen molar-refractivity contribution in [3.05, 3.63) is 35.6 Å². The van der Waals surface area contributed by atoms with E-state index >= 15 is 0 Å². The van der Waals surface area contributed by atoms with Crippen molar-refractivity contribution in [2.24, 2.45) is 5.92 Å². The lowest BCUT2D eigenvalue weighted by Gasteiger charge is -2.24. The average Bonchev–Trinajstić information content (AvgIpc) is 2.88. The van der Waals surface area contributed by atoms with Crippen molar-refractivity contribution in [3.63, 3.8) is 0 Å². The number of carbonyl (C=O) groups excluding carboxylic acids is 2. The van der Waals surface area contributed by atoms with E-state index in [0.717, 1.165) is 0 Å². The van der Waals surface area contributed by atoms with Crippen LogP contribution in [0.4, 0.5) is 4.39 Å². The molecule has 0 aliphatic carbocycles. The third-order valence-electron chi connectivity index (χ3n) is 3.87. The Labute approximate surface area is 133 Å². The number of carboxylic acids is 1. The summed E-state index contributed by atoms with van der Waals surface area (Å²) in [5.74, 6) is -2.51. The molecule has 1 aromatic rings. The molecule has 1 atom stereocenters. The van der Waals surface area contributed by atoms with Crippen molar-refractivity contribution >= 4 is 17.8 Å². The van der Waals surface area contributed by atoms with Crippen LogP contribution in [0.3, 0.4) is 0 Å². The predicted molar refractivity (Wildman–Crippen MR) is 79.8 cm³/mol. The highest BCUT2D eigenvalue weighted by Crippen LogP contribution is 2.21. The van der Waals surface area contributed by atoms with Gasteiger partial charge in [0.1, 0.15) is 12.4 Å². The van der Waals surface area contributed by atoms with Crippen LogP contribution >= 0.6 is 0 Å². The summed E-state index contributed by atoms with van der Waals surface area (Å²) < 4.78 is 12.9. The number of carbonyl (C=O) groups is 3. The number of likely N-dealkylation sites (tertiary alicyclic amines) is 1. The minimum atomic E-state index is -1.13. The number of nitrogens with zero attached hydrogens (tertiary/aromatic N) is 2. The first-order valence-electron chi connectivity index (χ1n) is 7.43. The van der Waals surface area contributed by atoms with Gasteiger partial charge in [0, 0.05) is 26.1 Å². The summed E-state index contributed by atoms with van der Waals surface area (Å²) in [6, 6.07) is 5.54. The average molecular weight is 322 g/mol. The fourth-order valence-corrected chi connectivity index (χ4v) is 2.69. The van der Waals surface area contributed by atoms with Crippen molar-refractivity contribution in [1.29, 1.82) is 0 Å². The van der Waals surface area contributed by atoms with Gasteiger partial charge in [-0.3, -0.25) is 14.4 Å². The van der Waals surface area contributed by atoms with E-state index in [9.17, 15) is 18.8 Å². The van der Waals surface area contributed by atoms with E-state index in [0.29, 0.717) is 18.7 Å². The molecule has 0 bridgehead atoms. The molecule has 0 spiro atoms. The van der Waals surface area contributed by atoms with Crippen LogP contribution in [0.1, 0.15) is 18.9 Å². The molecule has 1 N–H and O–H groups in total. The maximum atomic E-state index is 12.9. The smallest absolute Gasteiger partial charge is 0.323 e. The normalized spacial score (nSPS) is 17.4. The van der Waals surface area contributed by atoms with Gasteiger partial charge in [0.05, 0.1) is 5.92 Å². The largest absolute Gasteiger partial charge is 0.480 e. The number of rotatable bonds is 6. The standard InChI is InChI=1S/C16H19FN2O4/c1-2-18-9-12(7-14(18)20)16(23)19(10-15(21)22)8-11-3-5-13(17)6-4-11/h3-6,12H,2,7-10H2,1H3,(H,21,22). The molecule has 1 saturated heterocycles. The molecular weight excluding hydrogens is 303 g/mol. The van der Waals surface area contributed by atoms with Crippen LogP contribution in [0.25, 0.3) is 0 Å². The molecule has 23 heavy (non-hydrogen) atoms. The summed E-state index contributed by atoms with van der Waals surface area (Å²) >= 11 is 0. The summed E-state index contributed by atoms with van der Waals surface area (Å²) in [6.45, 7) is 2.29. The van der Waals surface area contributed by atoms with E-state index in [2.05, 4.69) is 0 Å². The van der Waals surface area contributed by atoms with Gasteiger partial charge in [-0.2, -0.15) is 0 Å². The number of amides is 2. The van der Waals surface area contributed by atoms with Crippen LogP contribution in [0.2, 0.25) is 0 Å². The summed E-state index contributed by atoms with van der Waals surface area (Å²) in [5.41, 5.74) is 0.637. The molecule has 1 aliphatic heterocycles. The van der Waals surface area contributed by atoms with Crippen LogP contribution in [0.15, 0.2) is 24.3 Å². The molecule has 124 valence electrons. The quantitative estimate of drug-likeness (QED) is 0.851. The Morgan fingerprint density at radius 2 is 2.00 bits per heavy atom. The van der Waals surface area contributed by atoms with Crippen molar-refractivity contribution < 1.29 is 23.9 Å². The third-order valence-corrected chi connectivity index (χ3v) is 3.87. The Morgan fingerprint density at radius 1 is 1.35 bits per heavy atom. The molecule has 0 saturated carbocycles. The Morgan fingerprint density at radius 3 is 2.52 bits per heavy atom. The van der Waals surface area contributed by atoms with E-state index < -0.39 is 24.2 Å². The molecule has 0 radical (unpaired) electrons. The predicted octanol–water partition coefficient (Wildman–Crippen LogP) is 1.11. The van der Waals surface area contributed by atoms with Crippen LogP contribution in [-0.2, 0) is 20.9 Å². The zero-order chi connectivity index (χ0) is 17.0. The van der Waals surface area contributed by atoms with E-state index in [1.165, 1.54) is 29.2 Å². The van der Waals surface area contributed by atoms with E-state index in [1.54, 1.807) is 4.90 Å². The van der Waals surface area contributed by atoms with E-state index in [-0.39, 0.29) is 24.8 Å². The lowest BCUT2D eigenvalue weighted by atomic mass is 10.1. The number of carboxylic acid groups (broad SMARTS) is 1. The summed E-state index contributed by atoms with van der Waals surface area (Å²) in [4.78, 5) is 38.1. The minimum absolute atomic E-state index is 0.0717. The fourth-order valence-electron chi connectivity index (χ4n) is 2.69. The molecule has 0 aromatic heterocycles. The third kappa shape index (κ3) is 4.28. The second-order valence-corrected chi connectivity index (χ2v) is 5.55. The Kier molecular flexibility index (Phi) is 5.31. The molecule has 1 aromatic carbocycles. The molecule has 1 unspecified atom stereocenters. The minimum Gasteiger partial charge on any atom is -0.480 e. The van der Waals surface area contributed by atoms with Crippen molar-refractivity contribution in [1.82, 2.24) is 9.80 Å². The van der Waals surface area contributed by atoms with Gasteiger partial charge >= 0.3 is 5.97 Å². The first-order chi connectivity index (χ1) is 10.9. The fraction of sp³-hybridized carbons (Fsp3) is 0.438. The summed E-state index contributed by atoms with van der Waals surface area (Å²) in [5, 5.41) is 9.02. The first kappa shape index (κ1) is 16.9. The second-order valence-electron chi connectivity index (χ2n) is 5.55. The molecule has 1 heterocycles. The maximum absolute atomic E-state index is 12.9.